The number of rotatable bonds is 1. The first kappa shape index (κ1) is 13.3. The molecule has 0 aromatic carbocycles. The van der Waals surface area contributed by atoms with E-state index in [-0.39, 0.29) is 8.80 Å². The van der Waals surface area contributed by atoms with E-state index >= 15 is 0 Å². The second-order valence-electron chi connectivity index (χ2n) is 7.25. The average molecular weight is 225 g/mol. The standard InChI is InChI=1S/C14H29Si/c1-13(2,3)15(14(4,5)6)12-10-8-7-9-11-12/h12H,7-11H2,1-6H3. The summed E-state index contributed by atoms with van der Waals surface area (Å²) in [7, 11) is -0.276. The largest absolute Gasteiger partial charge is 0.0628 e. The summed E-state index contributed by atoms with van der Waals surface area (Å²) in [5.41, 5.74) is 1.07. The molecule has 1 aliphatic carbocycles. The van der Waals surface area contributed by atoms with Crippen LogP contribution in [0.1, 0.15) is 73.6 Å². The molecule has 1 saturated carbocycles. The molecule has 0 unspecified atom stereocenters. The maximum atomic E-state index is 2.47. The minimum atomic E-state index is -0.276. The third-order valence-electron chi connectivity index (χ3n) is 3.63. The zero-order chi connectivity index (χ0) is 11.7. The van der Waals surface area contributed by atoms with Crippen molar-refractivity contribution in [3.05, 3.63) is 0 Å². The molecule has 0 bridgehead atoms. The third kappa shape index (κ3) is 3.62. The highest BCUT2D eigenvalue weighted by Crippen LogP contribution is 2.51. The van der Waals surface area contributed by atoms with Crippen LogP contribution >= 0.6 is 0 Å². The fourth-order valence-corrected chi connectivity index (χ4v) is 9.43. The van der Waals surface area contributed by atoms with Crippen LogP contribution in [0.4, 0.5) is 0 Å². The first-order valence-electron chi connectivity index (χ1n) is 6.61. The second-order valence-corrected chi connectivity index (χ2v) is 11.9. The molecule has 0 aliphatic heterocycles. The number of hydrogen-bond acceptors (Lipinski definition) is 0. The molecule has 0 atom stereocenters. The van der Waals surface area contributed by atoms with Crippen LogP contribution < -0.4 is 0 Å². The molecule has 1 heteroatoms. The van der Waals surface area contributed by atoms with Gasteiger partial charge in [-0.2, -0.15) is 0 Å². The monoisotopic (exact) mass is 225 g/mol. The van der Waals surface area contributed by atoms with Crippen LogP contribution in [0.15, 0.2) is 0 Å². The van der Waals surface area contributed by atoms with E-state index in [1.54, 1.807) is 0 Å². The van der Waals surface area contributed by atoms with Crippen molar-refractivity contribution in [2.45, 2.75) is 89.3 Å². The first-order chi connectivity index (χ1) is 6.73. The third-order valence-corrected chi connectivity index (χ3v) is 8.26. The van der Waals surface area contributed by atoms with Gasteiger partial charge in [-0.25, -0.2) is 0 Å². The molecule has 0 aromatic heterocycles. The summed E-state index contributed by atoms with van der Waals surface area (Å²) in [6.07, 6.45) is 7.50. The Kier molecular flexibility index (Phi) is 4.08. The zero-order valence-corrected chi connectivity index (χ0v) is 12.6. The fourth-order valence-electron chi connectivity index (χ4n) is 3.74. The van der Waals surface area contributed by atoms with E-state index in [0.29, 0.717) is 10.1 Å². The first-order valence-corrected chi connectivity index (χ1v) is 8.18. The molecule has 0 nitrogen and oxygen atoms in total. The molecule has 1 rings (SSSR count). The minimum Gasteiger partial charge on any atom is -0.0627 e. The van der Waals surface area contributed by atoms with E-state index in [1.807, 2.05) is 0 Å². The van der Waals surface area contributed by atoms with Crippen LogP contribution in [0.2, 0.25) is 15.6 Å². The van der Waals surface area contributed by atoms with Gasteiger partial charge in [-0.15, -0.1) is 0 Å². The second kappa shape index (κ2) is 4.61. The van der Waals surface area contributed by atoms with Crippen LogP contribution in [0.3, 0.4) is 0 Å². The minimum absolute atomic E-state index is 0.276. The Morgan fingerprint density at radius 2 is 1.13 bits per heavy atom. The maximum Gasteiger partial charge on any atom is 0.0628 e. The van der Waals surface area contributed by atoms with Gasteiger partial charge in [0, 0.05) is 0 Å². The Labute approximate surface area is 98.5 Å². The predicted octanol–water partition coefficient (Wildman–Crippen LogP) is 5.42. The van der Waals surface area contributed by atoms with Crippen molar-refractivity contribution >= 4 is 8.80 Å². The van der Waals surface area contributed by atoms with Crippen molar-refractivity contribution in [2.75, 3.05) is 0 Å². The lowest BCUT2D eigenvalue weighted by Gasteiger charge is -2.45. The zero-order valence-electron chi connectivity index (χ0n) is 11.6. The van der Waals surface area contributed by atoms with E-state index in [0.717, 1.165) is 5.54 Å². The molecule has 1 aliphatic rings. The lowest BCUT2D eigenvalue weighted by Crippen LogP contribution is -2.40. The van der Waals surface area contributed by atoms with Gasteiger partial charge in [0.25, 0.3) is 0 Å². The van der Waals surface area contributed by atoms with Crippen molar-refractivity contribution in [1.82, 2.24) is 0 Å². The van der Waals surface area contributed by atoms with Crippen LogP contribution in [0.25, 0.3) is 0 Å². The van der Waals surface area contributed by atoms with E-state index in [2.05, 4.69) is 41.5 Å². The van der Waals surface area contributed by atoms with Gasteiger partial charge < -0.3 is 0 Å². The molecular formula is C14H29Si. The Bertz CT molecular complexity index is 174. The molecule has 1 fully saturated rings. The lowest BCUT2D eigenvalue weighted by molar-refractivity contribution is 0.469. The van der Waals surface area contributed by atoms with E-state index < -0.39 is 0 Å². The predicted molar refractivity (Wildman–Crippen MR) is 72.0 cm³/mol. The molecule has 15 heavy (non-hydrogen) atoms. The highest BCUT2D eigenvalue weighted by atomic mass is 28.3. The van der Waals surface area contributed by atoms with Gasteiger partial charge >= 0.3 is 0 Å². The Morgan fingerprint density at radius 1 is 0.733 bits per heavy atom. The molecule has 89 valence electrons. The van der Waals surface area contributed by atoms with Crippen molar-refractivity contribution in [3.8, 4) is 0 Å². The van der Waals surface area contributed by atoms with Crippen LogP contribution in [0, 0.1) is 0 Å². The molecule has 0 saturated heterocycles. The van der Waals surface area contributed by atoms with E-state index in [9.17, 15) is 0 Å². The van der Waals surface area contributed by atoms with Gasteiger partial charge in [0.15, 0.2) is 0 Å². The SMILES string of the molecule is CC(C)(C)[Si](C1CCCCC1)C(C)(C)C. The van der Waals surface area contributed by atoms with Crippen LogP contribution in [0.5, 0.6) is 0 Å². The van der Waals surface area contributed by atoms with Gasteiger partial charge in [-0.1, -0.05) is 73.6 Å². The van der Waals surface area contributed by atoms with E-state index in [4.69, 9.17) is 0 Å². The maximum absolute atomic E-state index is 2.47. The summed E-state index contributed by atoms with van der Waals surface area (Å²) in [4.78, 5) is 0. The Hall–Kier alpha value is 0.217. The topological polar surface area (TPSA) is 0 Å². The summed E-state index contributed by atoms with van der Waals surface area (Å²) < 4.78 is 0. The highest BCUT2D eigenvalue weighted by Gasteiger charge is 2.42. The van der Waals surface area contributed by atoms with Gasteiger partial charge in [-0.3, -0.25) is 0 Å². The highest BCUT2D eigenvalue weighted by molar-refractivity contribution is 6.66. The van der Waals surface area contributed by atoms with Crippen molar-refractivity contribution < 1.29 is 0 Å². The summed E-state index contributed by atoms with van der Waals surface area (Å²) >= 11 is 0. The molecule has 0 spiro atoms. The summed E-state index contributed by atoms with van der Waals surface area (Å²) in [5.74, 6) is 0. The fraction of sp³-hybridized carbons (Fsp3) is 1.00. The Morgan fingerprint density at radius 3 is 1.47 bits per heavy atom. The average Bonchev–Trinajstić information content (AvgIpc) is 2.00. The van der Waals surface area contributed by atoms with Crippen LogP contribution in [-0.4, -0.2) is 8.80 Å². The molecule has 1 radical (unpaired) electrons. The van der Waals surface area contributed by atoms with E-state index in [1.165, 1.54) is 32.1 Å². The normalized spacial score (nSPS) is 21.0. The Balaban J connectivity index is 2.80. The van der Waals surface area contributed by atoms with Gasteiger partial charge in [0.1, 0.15) is 0 Å². The lowest BCUT2D eigenvalue weighted by atomic mass is 10.00. The van der Waals surface area contributed by atoms with Crippen molar-refractivity contribution in [3.63, 3.8) is 0 Å². The molecule has 0 aromatic rings. The molecule has 0 N–H and O–H groups in total. The van der Waals surface area contributed by atoms with Gasteiger partial charge in [0.2, 0.25) is 0 Å². The molecule has 0 amide bonds. The summed E-state index contributed by atoms with van der Waals surface area (Å²) in [6, 6.07) is 0. The number of hydrogen-bond donors (Lipinski definition) is 0. The molecular weight excluding hydrogens is 196 g/mol. The smallest absolute Gasteiger partial charge is 0.0627 e. The van der Waals surface area contributed by atoms with Crippen molar-refractivity contribution in [1.29, 1.82) is 0 Å². The summed E-state index contributed by atoms with van der Waals surface area (Å²) in [5, 5.41) is 1.12. The quantitative estimate of drug-likeness (QED) is 0.523. The van der Waals surface area contributed by atoms with Gasteiger partial charge in [0.05, 0.1) is 8.80 Å². The van der Waals surface area contributed by atoms with Crippen molar-refractivity contribution in [2.24, 2.45) is 0 Å². The van der Waals surface area contributed by atoms with Gasteiger partial charge in [-0.05, 0) is 15.6 Å². The summed E-state index contributed by atoms with van der Waals surface area (Å²) in [6.45, 7) is 14.8. The van der Waals surface area contributed by atoms with Crippen LogP contribution in [-0.2, 0) is 0 Å². The molecule has 0 heterocycles.